The number of hydrogen-bond acceptors (Lipinski definition) is 5. The van der Waals surface area contributed by atoms with E-state index >= 15 is 0 Å². The van der Waals surface area contributed by atoms with Crippen LogP contribution < -0.4 is 15.4 Å². The highest BCUT2D eigenvalue weighted by molar-refractivity contribution is 9.12. The summed E-state index contributed by atoms with van der Waals surface area (Å²) < 4.78 is 30.8. The van der Waals surface area contributed by atoms with Gasteiger partial charge in [0.25, 0.3) is 0 Å². The van der Waals surface area contributed by atoms with E-state index in [-0.39, 0.29) is 29.5 Å². The average molecular weight is 559 g/mol. The fraction of sp³-hybridized carbons (Fsp3) is 0.500. The Labute approximate surface area is 210 Å². The van der Waals surface area contributed by atoms with E-state index in [2.05, 4.69) is 50.0 Å². The minimum atomic E-state index is -3.83. The molecule has 0 spiro atoms. The zero-order chi connectivity index (χ0) is 24.8. The second kappa shape index (κ2) is 9.24. The number of allylic oxidation sites excluding steroid dienone is 1. The van der Waals surface area contributed by atoms with E-state index in [0.29, 0.717) is 12.1 Å². The van der Waals surface area contributed by atoms with Gasteiger partial charge in [-0.15, -0.1) is 8.78 Å². The largest absolute Gasteiger partial charge is 0.487 e. The standard InChI is InChI=1S/C24H27BrClF2N3O3/c1-13(2)31-20-12-29-9-8-17(20)18-10-23(14(3)32,11-19(25)21(18)31)22(33)30-15-4-6-16(7-5-15)34-24(26,27)28/h4-7,11,13,17,20,29H,8-10,12H2,1-3H3,(H,30,33). The number of fused-ring (bicyclic) bond motifs is 2. The van der Waals surface area contributed by atoms with Gasteiger partial charge in [0.2, 0.25) is 5.91 Å². The number of piperidine rings is 1. The van der Waals surface area contributed by atoms with Crippen LogP contribution in [0.25, 0.3) is 0 Å². The summed E-state index contributed by atoms with van der Waals surface area (Å²) in [4.78, 5) is 28.9. The fourth-order valence-electron chi connectivity index (χ4n) is 5.33. The van der Waals surface area contributed by atoms with Crippen molar-refractivity contribution in [2.45, 2.75) is 51.3 Å². The number of alkyl halides is 3. The Morgan fingerprint density at radius 3 is 2.59 bits per heavy atom. The molecule has 1 amide bonds. The first kappa shape index (κ1) is 25.1. The maximum absolute atomic E-state index is 13.5. The number of Topliss-reactive ketones (excluding diaryl/α,β-unsaturated/α-hetero) is 1. The molecule has 3 unspecified atom stereocenters. The number of halogens is 4. The van der Waals surface area contributed by atoms with E-state index in [4.69, 9.17) is 11.6 Å². The number of hydrogen-bond donors (Lipinski definition) is 2. The van der Waals surface area contributed by atoms with Crippen molar-refractivity contribution in [3.8, 4) is 5.75 Å². The summed E-state index contributed by atoms with van der Waals surface area (Å²) in [5.41, 5.74) is -2.63. The molecule has 0 saturated carbocycles. The highest BCUT2D eigenvalue weighted by atomic mass is 79.9. The Balaban J connectivity index is 1.62. The van der Waals surface area contributed by atoms with Crippen LogP contribution in [0.2, 0.25) is 0 Å². The summed E-state index contributed by atoms with van der Waals surface area (Å²) in [6, 6.07) is 5.94. The van der Waals surface area contributed by atoms with E-state index in [0.717, 1.165) is 35.3 Å². The van der Waals surface area contributed by atoms with Crippen LogP contribution in [0.1, 0.15) is 33.6 Å². The van der Waals surface area contributed by atoms with Crippen LogP contribution in [0.5, 0.6) is 5.75 Å². The smallest absolute Gasteiger partial charge is 0.420 e. The highest BCUT2D eigenvalue weighted by Crippen LogP contribution is 2.52. The van der Waals surface area contributed by atoms with Crippen molar-refractivity contribution in [3.63, 3.8) is 0 Å². The quantitative estimate of drug-likeness (QED) is 0.380. The van der Waals surface area contributed by atoms with Crippen LogP contribution in [-0.2, 0) is 9.59 Å². The number of carbonyl (C=O) groups excluding carboxylic acids is 2. The summed E-state index contributed by atoms with van der Waals surface area (Å²) in [5.74, 6) is -0.608. The first-order valence-corrected chi connectivity index (χ1v) is 12.4. The summed E-state index contributed by atoms with van der Waals surface area (Å²) in [5, 5.41) is 6.25. The topological polar surface area (TPSA) is 70.7 Å². The lowest BCUT2D eigenvalue weighted by Gasteiger charge is -2.38. The van der Waals surface area contributed by atoms with Crippen LogP contribution in [0, 0.1) is 11.3 Å². The lowest BCUT2D eigenvalue weighted by molar-refractivity contribution is -0.134. The number of carbonyl (C=O) groups is 2. The molecule has 0 aromatic heterocycles. The fourth-order valence-corrected chi connectivity index (χ4v) is 6.27. The highest BCUT2D eigenvalue weighted by Gasteiger charge is 2.52. The number of nitrogens with one attached hydrogen (secondary N) is 2. The van der Waals surface area contributed by atoms with Crippen molar-refractivity contribution in [2.24, 2.45) is 11.3 Å². The van der Waals surface area contributed by atoms with Crippen molar-refractivity contribution in [3.05, 3.63) is 46.1 Å². The average Bonchev–Trinajstić information content (AvgIpc) is 3.09. The second-order valence-corrected chi connectivity index (χ2v) is 10.6. The van der Waals surface area contributed by atoms with Gasteiger partial charge >= 0.3 is 5.57 Å². The SMILES string of the molecule is CC(=O)C1(C(=O)Nc2ccc(OC(F)(F)Cl)cc2)C=C(Br)C2=C(C1)C1CCNCC1N2C(C)C. The van der Waals surface area contributed by atoms with E-state index in [1.807, 2.05) is 0 Å². The van der Waals surface area contributed by atoms with Gasteiger partial charge in [-0.1, -0.05) is 0 Å². The zero-order valence-corrected chi connectivity index (χ0v) is 21.5. The van der Waals surface area contributed by atoms with Crippen LogP contribution in [-0.4, -0.2) is 47.3 Å². The number of benzene rings is 1. The van der Waals surface area contributed by atoms with Gasteiger partial charge in [0.05, 0.1) is 5.70 Å². The molecular formula is C24H27BrClF2N3O3. The third-order valence-electron chi connectivity index (χ3n) is 6.82. The minimum absolute atomic E-state index is 0.147. The van der Waals surface area contributed by atoms with Gasteiger partial charge < -0.3 is 20.3 Å². The lowest BCUT2D eigenvalue weighted by atomic mass is 9.70. The molecule has 2 N–H and O–H groups in total. The molecule has 1 saturated heterocycles. The maximum Gasteiger partial charge on any atom is 0.487 e. The summed E-state index contributed by atoms with van der Waals surface area (Å²) in [6.07, 6.45) is 2.97. The number of nitrogens with zero attached hydrogens (tertiary/aromatic N) is 1. The van der Waals surface area contributed by atoms with E-state index in [1.54, 1.807) is 6.08 Å². The number of ketones is 1. The summed E-state index contributed by atoms with van der Waals surface area (Å²) >= 11 is 8.48. The molecule has 0 radical (unpaired) electrons. The van der Waals surface area contributed by atoms with Gasteiger partial charge in [-0.3, -0.25) is 9.59 Å². The Bertz CT molecular complexity index is 1050. The molecule has 2 heterocycles. The number of amides is 1. The van der Waals surface area contributed by atoms with Crippen LogP contribution in [0.15, 0.2) is 46.1 Å². The lowest BCUT2D eigenvalue weighted by Crippen LogP contribution is -2.49. The van der Waals surface area contributed by atoms with Gasteiger partial charge in [0.1, 0.15) is 16.9 Å². The van der Waals surface area contributed by atoms with Crippen molar-refractivity contribution in [2.75, 3.05) is 18.4 Å². The Morgan fingerprint density at radius 2 is 2.00 bits per heavy atom. The first-order chi connectivity index (χ1) is 15.9. The number of rotatable bonds is 6. The molecule has 6 nitrogen and oxygen atoms in total. The Hall–Kier alpha value is -1.97. The van der Waals surface area contributed by atoms with E-state index in [9.17, 15) is 18.4 Å². The van der Waals surface area contributed by atoms with Crippen LogP contribution >= 0.6 is 27.5 Å². The van der Waals surface area contributed by atoms with Crippen LogP contribution in [0.3, 0.4) is 0 Å². The van der Waals surface area contributed by atoms with Crippen molar-refractivity contribution in [1.29, 1.82) is 0 Å². The number of anilines is 1. The van der Waals surface area contributed by atoms with Gasteiger partial charge in [-0.05, 0) is 92.0 Å². The molecule has 3 aliphatic rings. The molecule has 34 heavy (non-hydrogen) atoms. The summed E-state index contributed by atoms with van der Waals surface area (Å²) in [6.45, 7) is 7.46. The molecule has 1 fully saturated rings. The molecule has 4 rings (SSSR count). The number of ether oxygens (including phenoxy) is 1. The molecule has 184 valence electrons. The van der Waals surface area contributed by atoms with Crippen LogP contribution in [0.4, 0.5) is 14.5 Å². The molecule has 1 aromatic rings. The van der Waals surface area contributed by atoms with E-state index in [1.165, 1.54) is 31.2 Å². The third kappa shape index (κ3) is 4.62. The maximum atomic E-state index is 13.5. The molecule has 2 aliphatic heterocycles. The Morgan fingerprint density at radius 1 is 1.32 bits per heavy atom. The normalized spacial score (nSPS) is 26.7. The molecule has 10 heteroatoms. The van der Waals surface area contributed by atoms with Crippen molar-refractivity contribution >= 4 is 44.9 Å². The molecule has 1 aliphatic carbocycles. The molecular weight excluding hydrogens is 532 g/mol. The molecule has 0 bridgehead atoms. The van der Waals surface area contributed by atoms with Gasteiger partial charge in [0.15, 0.2) is 0 Å². The van der Waals surface area contributed by atoms with Gasteiger partial charge in [-0.2, -0.15) is 0 Å². The van der Waals surface area contributed by atoms with Gasteiger partial charge in [-0.25, -0.2) is 0 Å². The summed E-state index contributed by atoms with van der Waals surface area (Å²) in [7, 11) is 0. The van der Waals surface area contributed by atoms with E-state index < -0.39 is 16.9 Å². The predicted molar refractivity (Wildman–Crippen MR) is 130 cm³/mol. The second-order valence-electron chi connectivity index (χ2n) is 9.26. The molecule has 3 atom stereocenters. The third-order valence-corrected chi connectivity index (χ3v) is 7.50. The first-order valence-electron chi connectivity index (χ1n) is 11.2. The molecule has 1 aromatic carbocycles. The minimum Gasteiger partial charge on any atom is -0.420 e. The van der Waals surface area contributed by atoms with Crippen molar-refractivity contribution < 1.29 is 23.1 Å². The predicted octanol–water partition coefficient (Wildman–Crippen LogP) is 5.01. The monoisotopic (exact) mass is 557 g/mol. The van der Waals surface area contributed by atoms with Crippen molar-refractivity contribution in [1.82, 2.24) is 10.2 Å². The zero-order valence-electron chi connectivity index (χ0n) is 19.1. The Kier molecular flexibility index (Phi) is 6.83. The van der Waals surface area contributed by atoms with Gasteiger partial charge in [0, 0.05) is 46.3 Å².